The van der Waals surface area contributed by atoms with Crippen molar-refractivity contribution in [2.45, 2.75) is 44.3 Å². The van der Waals surface area contributed by atoms with Crippen LogP contribution in [0.1, 0.15) is 40.9 Å². The van der Waals surface area contributed by atoms with E-state index in [1.165, 1.54) is 0 Å². The van der Waals surface area contributed by atoms with Crippen molar-refractivity contribution in [1.29, 1.82) is 0 Å². The molecular weight excluding hydrogens is 518 g/mol. The summed E-state index contributed by atoms with van der Waals surface area (Å²) >= 11 is 0. The van der Waals surface area contributed by atoms with Gasteiger partial charge in [-0.2, -0.15) is 0 Å². The Morgan fingerprint density at radius 3 is 2.41 bits per heavy atom. The van der Waals surface area contributed by atoms with E-state index in [4.69, 9.17) is 0 Å². The molecule has 1 aliphatic heterocycles. The number of aromatic nitrogens is 2. The Hall–Kier alpha value is -4.79. The van der Waals surface area contributed by atoms with E-state index in [0.717, 1.165) is 34.9 Å². The van der Waals surface area contributed by atoms with Crippen molar-refractivity contribution in [2.24, 2.45) is 5.41 Å². The molecule has 2 aliphatic rings. The van der Waals surface area contributed by atoms with Gasteiger partial charge in [0.25, 0.3) is 11.8 Å². The van der Waals surface area contributed by atoms with Crippen LogP contribution >= 0.6 is 0 Å². The molecule has 1 aliphatic carbocycles. The summed E-state index contributed by atoms with van der Waals surface area (Å²) in [4.78, 5) is 62.5. The summed E-state index contributed by atoms with van der Waals surface area (Å²) in [6.45, 7) is 0.680. The Labute approximate surface area is 237 Å². The minimum Gasteiger partial charge on any atom is -0.351 e. The highest BCUT2D eigenvalue weighted by molar-refractivity contribution is 6.38. The quantitative estimate of drug-likeness (QED) is 0.277. The van der Waals surface area contributed by atoms with Crippen LogP contribution in [-0.2, 0) is 27.3 Å². The number of rotatable bonds is 9. The van der Waals surface area contributed by atoms with Crippen molar-refractivity contribution >= 4 is 34.4 Å². The number of aromatic amines is 1. The van der Waals surface area contributed by atoms with Gasteiger partial charge in [-0.05, 0) is 60.1 Å². The molecule has 2 fully saturated rings. The summed E-state index contributed by atoms with van der Waals surface area (Å²) in [6, 6.07) is 20.4. The molecule has 0 radical (unpaired) electrons. The molecule has 4 aromatic rings. The molecule has 0 bridgehead atoms. The lowest BCUT2D eigenvalue weighted by molar-refractivity contribution is -0.140. The number of nitrogens with zero attached hydrogens (tertiary/aromatic N) is 2. The number of carbonyl (C=O) groups excluding carboxylic acids is 4. The number of ketones is 1. The van der Waals surface area contributed by atoms with Crippen LogP contribution in [0.15, 0.2) is 85.2 Å². The van der Waals surface area contributed by atoms with Crippen LogP contribution in [0.2, 0.25) is 0 Å². The Bertz CT molecular complexity index is 1560. The van der Waals surface area contributed by atoms with Crippen molar-refractivity contribution in [3.8, 4) is 0 Å². The average molecular weight is 550 g/mol. The van der Waals surface area contributed by atoms with Crippen molar-refractivity contribution in [3.63, 3.8) is 0 Å². The minimum absolute atomic E-state index is 0.0681. The van der Waals surface area contributed by atoms with E-state index in [9.17, 15) is 19.2 Å². The molecule has 3 heterocycles. The van der Waals surface area contributed by atoms with Crippen LogP contribution in [0.3, 0.4) is 0 Å². The van der Waals surface area contributed by atoms with E-state index in [1.54, 1.807) is 35.5 Å². The minimum atomic E-state index is -1.10. The van der Waals surface area contributed by atoms with E-state index >= 15 is 0 Å². The highest BCUT2D eigenvalue weighted by Gasteiger charge is 2.55. The zero-order valence-electron chi connectivity index (χ0n) is 22.5. The first-order valence-corrected chi connectivity index (χ1v) is 13.8. The van der Waals surface area contributed by atoms with E-state index in [2.05, 4.69) is 20.6 Å². The number of pyridine rings is 1. The number of hydrogen-bond donors (Lipinski definition) is 3. The summed E-state index contributed by atoms with van der Waals surface area (Å²) in [5.41, 5.74) is 2.82. The molecule has 0 unspecified atom stereocenters. The molecule has 1 spiro atoms. The van der Waals surface area contributed by atoms with Gasteiger partial charge in [-0.3, -0.25) is 24.2 Å². The zero-order valence-corrected chi connectivity index (χ0v) is 22.5. The van der Waals surface area contributed by atoms with Crippen molar-refractivity contribution < 1.29 is 19.2 Å². The lowest BCUT2D eigenvalue weighted by Crippen LogP contribution is -2.54. The van der Waals surface area contributed by atoms with Crippen molar-refractivity contribution in [3.05, 3.63) is 102 Å². The van der Waals surface area contributed by atoms with Crippen LogP contribution in [-0.4, -0.2) is 57.0 Å². The standard InChI is InChI=1S/C32H31N5O4/c38-28(30(40)34-19-22-6-2-1-3-7-22)25(16-21-10-14-33-15-11-21)36-29(39)27-18-32(12-13-32)20-37(27)31(41)26-17-23-8-4-5-9-24(23)35-26/h1-11,14-15,17,25,27,35H,12-13,16,18-20H2,(H,34,40)(H,36,39)/t25-,27-/m0/s1. The fourth-order valence-corrected chi connectivity index (χ4v) is 5.64. The van der Waals surface area contributed by atoms with Crippen molar-refractivity contribution in [1.82, 2.24) is 25.5 Å². The summed E-state index contributed by atoms with van der Waals surface area (Å²) in [7, 11) is 0. The molecule has 2 aromatic carbocycles. The molecule has 3 N–H and O–H groups in total. The molecule has 2 aromatic heterocycles. The molecule has 1 saturated carbocycles. The van der Waals surface area contributed by atoms with Gasteiger partial charge in [0.1, 0.15) is 17.8 Å². The fourth-order valence-electron chi connectivity index (χ4n) is 5.64. The summed E-state index contributed by atoms with van der Waals surface area (Å²) in [5, 5.41) is 6.43. The van der Waals surface area contributed by atoms with Crippen LogP contribution in [0.5, 0.6) is 0 Å². The lowest BCUT2D eigenvalue weighted by Gasteiger charge is -2.26. The maximum Gasteiger partial charge on any atom is 0.289 e. The molecular formula is C32H31N5O4. The molecule has 6 rings (SSSR count). The van der Waals surface area contributed by atoms with Gasteiger partial charge in [0, 0.05) is 42.8 Å². The maximum absolute atomic E-state index is 13.8. The topological polar surface area (TPSA) is 124 Å². The van der Waals surface area contributed by atoms with Gasteiger partial charge in [-0.1, -0.05) is 48.5 Å². The summed E-state index contributed by atoms with van der Waals surface area (Å²) in [6.07, 6.45) is 5.76. The van der Waals surface area contributed by atoms with Gasteiger partial charge in [0.15, 0.2) is 0 Å². The zero-order chi connectivity index (χ0) is 28.4. The van der Waals surface area contributed by atoms with Crippen molar-refractivity contribution in [2.75, 3.05) is 6.54 Å². The van der Waals surface area contributed by atoms with Gasteiger partial charge in [0.05, 0.1) is 0 Å². The number of amides is 3. The second kappa shape index (κ2) is 11.0. The Kier molecular flexibility index (Phi) is 7.09. The third kappa shape index (κ3) is 5.75. The second-order valence-corrected chi connectivity index (χ2v) is 11.1. The van der Waals surface area contributed by atoms with Crippen LogP contribution in [0, 0.1) is 5.41 Å². The first kappa shape index (κ1) is 26.4. The maximum atomic E-state index is 13.8. The largest absolute Gasteiger partial charge is 0.351 e. The molecule has 2 atom stereocenters. The average Bonchev–Trinajstić information content (AvgIpc) is 3.44. The number of fused-ring (bicyclic) bond motifs is 1. The molecule has 9 heteroatoms. The number of H-pyrrole nitrogens is 1. The van der Waals surface area contributed by atoms with Gasteiger partial charge in [-0.15, -0.1) is 0 Å². The van der Waals surface area contributed by atoms with Crippen LogP contribution < -0.4 is 10.6 Å². The number of carbonyl (C=O) groups is 4. The molecule has 1 saturated heterocycles. The number of para-hydroxylation sites is 1. The third-order valence-electron chi connectivity index (χ3n) is 8.13. The predicted molar refractivity (Wildman–Crippen MR) is 153 cm³/mol. The van der Waals surface area contributed by atoms with E-state index in [1.807, 2.05) is 54.6 Å². The molecule has 41 heavy (non-hydrogen) atoms. The molecule has 9 nitrogen and oxygen atoms in total. The smallest absolute Gasteiger partial charge is 0.289 e. The van der Waals surface area contributed by atoms with Gasteiger partial charge < -0.3 is 20.5 Å². The third-order valence-corrected chi connectivity index (χ3v) is 8.13. The lowest BCUT2D eigenvalue weighted by atomic mass is 10.00. The highest BCUT2D eigenvalue weighted by atomic mass is 16.2. The number of hydrogen-bond acceptors (Lipinski definition) is 5. The number of Topliss-reactive ketones (excluding diaryl/α,β-unsaturated/α-hetero) is 1. The number of nitrogens with one attached hydrogen (secondary N) is 3. The SMILES string of the molecule is O=C(NCc1ccccc1)C(=O)[C@H](Cc1ccncc1)NC(=O)[C@@H]1CC2(CC2)CN1C(=O)c1cc2ccccc2[nH]1. The fraction of sp³-hybridized carbons (Fsp3) is 0.281. The summed E-state index contributed by atoms with van der Waals surface area (Å²) < 4.78 is 0. The van der Waals surface area contributed by atoms with Gasteiger partial charge in [0.2, 0.25) is 11.7 Å². The van der Waals surface area contributed by atoms with Gasteiger partial charge >= 0.3 is 0 Å². The van der Waals surface area contributed by atoms with Crippen LogP contribution in [0.4, 0.5) is 0 Å². The van der Waals surface area contributed by atoms with Crippen LogP contribution in [0.25, 0.3) is 10.9 Å². The summed E-state index contributed by atoms with van der Waals surface area (Å²) in [5.74, 6) is -2.19. The second-order valence-electron chi connectivity index (χ2n) is 11.1. The number of benzene rings is 2. The monoisotopic (exact) mass is 549 g/mol. The van der Waals surface area contributed by atoms with E-state index in [0.29, 0.717) is 18.7 Å². The Balaban J connectivity index is 1.20. The Morgan fingerprint density at radius 2 is 1.68 bits per heavy atom. The first-order valence-electron chi connectivity index (χ1n) is 13.8. The molecule has 208 valence electrons. The predicted octanol–water partition coefficient (Wildman–Crippen LogP) is 3.17. The normalized spacial score (nSPS) is 17.8. The van der Waals surface area contributed by atoms with E-state index < -0.39 is 29.7 Å². The van der Waals surface area contributed by atoms with E-state index in [-0.39, 0.29) is 24.3 Å². The highest BCUT2D eigenvalue weighted by Crippen LogP contribution is 2.55. The Morgan fingerprint density at radius 1 is 0.951 bits per heavy atom. The molecule has 3 amide bonds. The number of likely N-dealkylation sites (tertiary alicyclic amines) is 1. The first-order chi connectivity index (χ1) is 19.9. The van der Waals surface area contributed by atoms with Gasteiger partial charge in [-0.25, -0.2) is 0 Å².